The first-order valence-corrected chi connectivity index (χ1v) is 46.0. The van der Waals surface area contributed by atoms with Crippen molar-refractivity contribution in [1.82, 2.24) is 15.0 Å². The van der Waals surface area contributed by atoms with Gasteiger partial charge in [0.1, 0.15) is 0 Å². The molecule has 3 heterocycles. The largest absolute Gasteiger partial charge is 0.310 e. The van der Waals surface area contributed by atoms with Gasteiger partial charge in [-0.25, -0.2) is 0 Å². The smallest absolute Gasteiger partial charge is 0.0722 e. The van der Waals surface area contributed by atoms with Gasteiger partial charge < -0.3 is 19.6 Å². The van der Waals surface area contributed by atoms with Crippen molar-refractivity contribution in [3.8, 4) is 0 Å². The Morgan fingerprint density at radius 1 is 0.254 bits per heavy atom. The van der Waals surface area contributed by atoms with E-state index in [0.717, 1.165) is 93.6 Å². The standard InChI is InChI=1S/C34H32N2.C29H33N.C28H31N.C24H25N3/c1-22-17-28(31-20-24-12-13-27(31)19-24)18-23(2)34(22)36(29-15-14-26-9-6-16-35-32(26)21-29)33-11-5-8-25-7-3-4-10-30(25)33;1-19-11-20(2)14-27(13-19)30(28-15-21(3)12-22(4)16-28)26-9-7-24(8-10-26)29-18-23-5-6-25(29)17-23;1-19-6-4-8-24(14-19)29(25-9-5-7-20(2)15-25)26-12-13-27(21(3)16-26)28-18-22-10-11-23(28)17-22;1-17-13-19(23-15-18-4-5-20(23)14-18)6-7-24(17)27(21-8-11-25-12-9-21)22-3-2-10-26-16-22/h3-11,14-18,21,24,27,31H,12-13,19-20H2,1-2H3;7-16,23,25,29H,5-6,17-18H2,1-4H3;4-9,12-16,22-23,28H,10-11,17-18H2,1-3H3;2-3,6-13,16,18,20,23H,4-5,14-15H2,1H3. The van der Waals surface area contributed by atoms with Crippen LogP contribution in [0.15, 0.2) is 286 Å². The van der Waals surface area contributed by atoms with Crippen LogP contribution in [0.1, 0.15) is 204 Å². The first kappa shape index (κ1) is 80.3. The maximum atomic E-state index is 4.68. The molecule has 22 rings (SSSR count). The minimum atomic E-state index is 0.742. The summed E-state index contributed by atoms with van der Waals surface area (Å²) >= 11 is 0. The van der Waals surface area contributed by atoms with Crippen LogP contribution in [0.3, 0.4) is 0 Å². The molecule has 0 spiro atoms. The highest BCUT2D eigenvalue weighted by Crippen LogP contribution is 2.58. The Labute approximate surface area is 726 Å². The van der Waals surface area contributed by atoms with Gasteiger partial charge in [-0.05, 0) is 428 Å². The van der Waals surface area contributed by atoms with Crippen LogP contribution in [-0.4, -0.2) is 15.0 Å². The number of hydrogen-bond donors (Lipinski definition) is 0. The number of fused-ring (bicyclic) bond motifs is 10. The first-order valence-electron chi connectivity index (χ1n) is 46.0. The Balaban J connectivity index is 0.000000108. The van der Waals surface area contributed by atoms with Crippen molar-refractivity contribution in [2.24, 2.45) is 47.3 Å². The molecule has 0 amide bonds. The van der Waals surface area contributed by atoms with Gasteiger partial charge in [0, 0.05) is 86.7 Å². The summed E-state index contributed by atoms with van der Waals surface area (Å²) in [7, 11) is 0. The molecule has 122 heavy (non-hydrogen) atoms. The molecule has 8 fully saturated rings. The van der Waals surface area contributed by atoms with E-state index in [9.17, 15) is 0 Å². The van der Waals surface area contributed by atoms with Crippen molar-refractivity contribution in [1.29, 1.82) is 0 Å². The zero-order valence-electron chi connectivity index (χ0n) is 73.5. The predicted molar refractivity (Wildman–Crippen MR) is 513 cm³/mol. The molecule has 0 aliphatic heterocycles. The lowest BCUT2D eigenvalue weighted by Crippen LogP contribution is -2.15. The van der Waals surface area contributed by atoms with Crippen LogP contribution in [0.25, 0.3) is 21.7 Å². The monoisotopic (exact) mass is 1600 g/mol. The van der Waals surface area contributed by atoms with Gasteiger partial charge in [0.2, 0.25) is 0 Å². The van der Waals surface area contributed by atoms with Crippen molar-refractivity contribution in [3.63, 3.8) is 0 Å². The lowest BCUT2D eigenvalue weighted by Gasteiger charge is -2.31. The minimum absolute atomic E-state index is 0.742. The van der Waals surface area contributed by atoms with Crippen LogP contribution in [0.5, 0.6) is 0 Å². The Kier molecular flexibility index (Phi) is 22.9. The summed E-state index contributed by atoms with van der Waals surface area (Å²) in [6, 6.07) is 94.4. The van der Waals surface area contributed by atoms with Crippen LogP contribution in [-0.2, 0) is 0 Å². The van der Waals surface area contributed by atoms with Gasteiger partial charge in [0.05, 0.1) is 28.8 Å². The molecular weight excluding hydrogens is 1480 g/mol. The summed E-state index contributed by atoms with van der Waals surface area (Å²) in [5, 5.41) is 3.68. The fourth-order valence-electron chi connectivity index (χ4n) is 24.4. The van der Waals surface area contributed by atoms with Crippen molar-refractivity contribution in [2.75, 3.05) is 19.6 Å². The molecule has 616 valence electrons. The third-order valence-electron chi connectivity index (χ3n) is 29.6. The van der Waals surface area contributed by atoms with Crippen molar-refractivity contribution in [3.05, 3.63) is 364 Å². The first-order chi connectivity index (χ1) is 59.5. The normalized spacial score (nSPS) is 22.3. The van der Waals surface area contributed by atoms with Crippen LogP contribution >= 0.6 is 0 Å². The van der Waals surface area contributed by atoms with E-state index >= 15 is 0 Å². The third kappa shape index (κ3) is 16.8. The molecule has 8 aliphatic rings. The quantitative estimate of drug-likeness (QED) is 0.0955. The molecule has 8 aliphatic carbocycles. The fraction of sp³-hybridized carbons (Fsp3) is 0.330. The van der Waals surface area contributed by atoms with E-state index in [4.69, 9.17) is 0 Å². The highest BCUT2D eigenvalue weighted by atomic mass is 15.2. The lowest BCUT2D eigenvalue weighted by molar-refractivity contribution is 0.419. The molecule has 12 atom stereocenters. The zero-order valence-corrected chi connectivity index (χ0v) is 73.5. The van der Waals surface area contributed by atoms with Crippen molar-refractivity contribution >= 4 is 89.9 Å². The molecular formula is C115H121N7. The molecule has 14 aromatic rings. The van der Waals surface area contributed by atoms with E-state index in [2.05, 4.69) is 346 Å². The van der Waals surface area contributed by atoms with Crippen LogP contribution in [0, 0.1) is 117 Å². The van der Waals surface area contributed by atoms with Crippen molar-refractivity contribution in [2.45, 2.75) is 196 Å². The second-order valence-electron chi connectivity index (χ2n) is 38.3. The van der Waals surface area contributed by atoms with E-state index in [1.807, 2.05) is 43.1 Å². The number of rotatable bonds is 16. The third-order valence-corrected chi connectivity index (χ3v) is 29.6. The molecule has 11 aromatic carbocycles. The van der Waals surface area contributed by atoms with E-state index < -0.39 is 0 Å². The Bertz CT molecular complexity index is 5880. The van der Waals surface area contributed by atoms with Gasteiger partial charge in [-0.1, -0.05) is 153 Å². The second-order valence-corrected chi connectivity index (χ2v) is 38.3. The van der Waals surface area contributed by atoms with Crippen molar-refractivity contribution < 1.29 is 0 Å². The molecule has 12 unspecified atom stereocenters. The number of nitrogens with zero attached hydrogens (tertiary/aromatic N) is 7. The highest BCUT2D eigenvalue weighted by molar-refractivity contribution is 6.01. The van der Waals surface area contributed by atoms with Crippen LogP contribution < -0.4 is 19.6 Å². The lowest BCUT2D eigenvalue weighted by atomic mass is 9.81. The zero-order chi connectivity index (χ0) is 83.2. The van der Waals surface area contributed by atoms with Gasteiger partial charge >= 0.3 is 0 Å². The van der Waals surface area contributed by atoms with E-state index in [0.29, 0.717) is 0 Å². The van der Waals surface area contributed by atoms with Gasteiger partial charge in [-0.3, -0.25) is 15.0 Å². The van der Waals surface area contributed by atoms with Crippen LogP contribution in [0.4, 0.5) is 68.2 Å². The van der Waals surface area contributed by atoms with E-state index in [-0.39, 0.29) is 0 Å². The average molecular weight is 1600 g/mol. The SMILES string of the molecule is Cc1cc(C)cc(N(c2ccc(C3CC4CCC3C4)cc2)c2cc(C)cc(C)c2)c1.Cc1cc(C2CC3CCC2C3)cc(C)c1N(c1ccc2cccnc2c1)c1cccc2ccccc12.Cc1cc(C2CC3CCC2C3)ccc1N(c1ccncc1)c1cccnc1.Cc1cccc(N(c2cccc(C)c2)c2ccc(C3CC4CCC3C4)c(C)c2)c1. The summed E-state index contributed by atoms with van der Waals surface area (Å²) in [6.07, 6.45) is 32.3. The maximum absolute atomic E-state index is 4.68. The topological polar surface area (TPSA) is 51.6 Å². The summed E-state index contributed by atoms with van der Waals surface area (Å²) in [4.78, 5) is 22.8. The Morgan fingerprint density at radius 3 is 1.27 bits per heavy atom. The second kappa shape index (κ2) is 34.8. The maximum Gasteiger partial charge on any atom is 0.0722 e. The number of pyridine rings is 3. The van der Waals surface area contributed by atoms with E-state index in [1.54, 1.807) is 16.7 Å². The van der Waals surface area contributed by atoms with Gasteiger partial charge in [-0.15, -0.1) is 0 Å². The number of anilines is 12. The van der Waals surface area contributed by atoms with E-state index in [1.165, 1.54) is 231 Å². The molecule has 8 saturated carbocycles. The highest BCUT2D eigenvalue weighted by Gasteiger charge is 2.44. The molecule has 0 radical (unpaired) electrons. The molecule has 0 saturated heterocycles. The summed E-state index contributed by atoms with van der Waals surface area (Å²) in [6.45, 7) is 22.2. The number of aryl methyl sites for hydroxylation is 10. The summed E-state index contributed by atoms with van der Waals surface area (Å²) in [5.41, 5.74) is 35.0. The number of hydrogen-bond acceptors (Lipinski definition) is 7. The summed E-state index contributed by atoms with van der Waals surface area (Å²) in [5.74, 6) is 10.6. The fourth-order valence-corrected chi connectivity index (χ4v) is 24.4. The summed E-state index contributed by atoms with van der Waals surface area (Å²) < 4.78 is 0. The predicted octanol–water partition coefficient (Wildman–Crippen LogP) is 31.8. The molecule has 0 N–H and O–H groups in total. The molecule has 7 heteroatoms. The average Bonchev–Trinajstić information content (AvgIpc) is 1.54. The van der Waals surface area contributed by atoms with Gasteiger partial charge in [-0.2, -0.15) is 0 Å². The number of benzene rings is 11. The molecule has 7 nitrogen and oxygen atoms in total. The molecule has 3 aromatic heterocycles. The van der Waals surface area contributed by atoms with Crippen LogP contribution in [0.2, 0.25) is 0 Å². The molecule has 8 bridgehead atoms. The van der Waals surface area contributed by atoms with Gasteiger partial charge in [0.25, 0.3) is 0 Å². The minimum Gasteiger partial charge on any atom is -0.310 e. The van der Waals surface area contributed by atoms with Gasteiger partial charge in [0.15, 0.2) is 0 Å². The Morgan fingerprint density at radius 2 is 0.721 bits per heavy atom. The number of aromatic nitrogens is 3. The Hall–Kier alpha value is -11.4.